The van der Waals surface area contributed by atoms with Crippen molar-refractivity contribution in [2.75, 3.05) is 6.54 Å². The maximum Gasteiger partial charge on any atom is 0.272 e. The highest BCUT2D eigenvalue weighted by Gasteiger charge is 2.13. The van der Waals surface area contributed by atoms with Gasteiger partial charge in [-0.2, -0.15) is 0 Å². The van der Waals surface area contributed by atoms with E-state index in [4.69, 9.17) is 11.5 Å². The van der Waals surface area contributed by atoms with Gasteiger partial charge in [0.15, 0.2) is 0 Å². The number of aryl methyl sites for hydroxylation is 1. The molecule has 0 heterocycles. The molecule has 5 nitrogen and oxygen atoms in total. The molecule has 0 aromatic heterocycles. The summed E-state index contributed by atoms with van der Waals surface area (Å²) in [7, 11) is 0. The highest BCUT2D eigenvalue weighted by Crippen LogP contribution is 2.23. The van der Waals surface area contributed by atoms with Crippen LogP contribution in [0, 0.1) is 17.0 Å². The molecule has 0 saturated carbocycles. The molecule has 0 saturated heterocycles. The first-order valence-corrected chi connectivity index (χ1v) is 4.77. The van der Waals surface area contributed by atoms with Crippen molar-refractivity contribution in [3.63, 3.8) is 0 Å². The van der Waals surface area contributed by atoms with E-state index in [1.165, 1.54) is 6.07 Å². The Bertz CT molecular complexity index is 371. The smallest absolute Gasteiger partial charge is 0.272 e. The Balaban J connectivity index is 0.00000225. The van der Waals surface area contributed by atoms with Crippen LogP contribution >= 0.6 is 12.4 Å². The lowest BCUT2D eigenvalue weighted by molar-refractivity contribution is -0.385. The Morgan fingerprint density at radius 1 is 1.50 bits per heavy atom. The van der Waals surface area contributed by atoms with Gasteiger partial charge in [0.05, 0.1) is 4.92 Å². The summed E-state index contributed by atoms with van der Waals surface area (Å²) in [5.74, 6) is 0. The fraction of sp³-hybridized carbons (Fsp3) is 0.400. The molecule has 0 amide bonds. The third-order valence-corrected chi connectivity index (χ3v) is 2.34. The number of nitro groups is 1. The van der Waals surface area contributed by atoms with E-state index in [0.29, 0.717) is 18.5 Å². The molecule has 90 valence electrons. The summed E-state index contributed by atoms with van der Waals surface area (Å²) >= 11 is 0. The maximum atomic E-state index is 10.7. The van der Waals surface area contributed by atoms with Gasteiger partial charge in [-0.1, -0.05) is 12.1 Å². The highest BCUT2D eigenvalue weighted by atomic mass is 35.5. The van der Waals surface area contributed by atoms with Gasteiger partial charge >= 0.3 is 0 Å². The zero-order valence-corrected chi connectivity index (χ0v) is 9.87. The Hall–Kier alpha value is -1.17. The van der Waals surface area contributed by atoms with Crippen molar-refractivity contribution in [1.29, 1.82) is 0 Å². The lowest BCUT2D eigenvalue weighted by Crippen LogP contribution is -2.15. The third kappa shape index (κ3) is 3.44. The van der Waals surface area contributed by atoms with Crippen molar-refractivity contribution in [1.82, 2.24) is 0 Å². The summed E-state index contributed by atoms with van der Waals surface area (Å²) in [5, 5.41) is 10.7. The Morgan fingerprint density at radius 2 is 2.12 bits per heavy atom. The van der Waals surface area contributed by atoms with Gasteiger partial charge in [0.1, 0.15) is 0 Å². The molecule has 0 unspecified atom stereocenters. The number of nitro benzene ring substituents is 1. The Labute approximate surface area is 100 Å². The second-order valence-electron chi connectivity index (χ2n) is 3.49. The Kier molecular flexibility index (Phi) is 5.95. The molecular formula is C10H16ClN3O2. The van der Waals surface area contributed by atoms with Gasteiger partial charge in [-0.3, -0.25) is 10.1 Å². The molecule has 0 fully saturated rings. The highest BCUT2D eigenvalue weighted by molar-refractivity contribution is 5.85. The van der Waals surface area contributed by atoms with Gasteiger partial charge in [0, 0.05) is 17.7 Å². The molecular weight excluding hydrogens is 230 g/mol. The molecule has 1 rings (SSSR count). The summed E-state index contributed by atoms with van der Waals surface area (Å²) < 4.78 is 0. The second-order valence-corrected chi connectivity index (χ2v) is 3.49. The maximum absolute atomic E-state index is 10.7. The normalized spacial score (nSPS) is 11.7. The number of hydrogen-bond acceptors (Lipinski definition) is 4. The van der Waals surface area contributed by atoms with Crippen LogP contribution in [0.1, 0.15) is 23.6 Å². The molecule has 0 radical (unpaired) electrons. The van der Waals surface area contributed by atoms with Crippen molar-refractivity contribution < 1.29 is 4.92 Å². The number of nitrogens with zero attached hydrogens (tertiary/aromatic N) is 1. The molecule has 0 aliphatic carbocycles. The predicted octanol–water partition coefficient (Wildman–Crippen LogP) is 1.67. The van der Waals surface area contributed by atoms with Crippen LogP contribution in [0.2, 0.25) is 0 Å². The molecule has 0 aliphatic heterocycles. The summed E-state index contributed by atoms with van der Waals surface area (Å²) in [6, 6.07) is 4.82. The van der Waals surface area contributed by atoms with Crippen molar-refractivity contribution in [3.05, 3.63) is 39.4 Å². The third-order valence-electron chi connectivity index (χ3n) is 2.34. The van der Waals surface area contributed by atoms with Crippen LogP contribution in [-0.2, 0) is 0 Å². The number of halogens is 1. The molecule has 0 bridgehead atoms. The average molecular weight is 246 g/mol. The van der Waals surface area contributed by atoms with E-state index < -0.39 is 4.92 Å². The van der Waals surface area contributed by atoms with Crippen LogP contribution in [0.4, 0.5) is 5.69 Å². The van der Waals surface area contributed by atoms with E-state index in [2.05, 4.69) is 0 Å². The minimum absolute atomic E-state index is 0. The predicted molar refractivity (Wildman–Crippen MR) is 65.7 cm³/mol. The fourth-order valence-corrected chi connectivity index (χ4v) is 1.40. The van der Waals surface area contributed by atoms with E-state index in [1.54, 1.807) is 13.0 Å². The minimum atomic E-state index is -0.395. The van der Waals surface area contributed by atoms with Crippen LogP contribution < -0.4 is 11.5 Å². The lowest BCUT2D eigenvalue weighted by Gasteiger charge is -2.10. The lowest BCUT2D eigenvalue weighted by atomic mass is 10.0. The second kappa shape index (κ2) is 6.42. The van der Waals surface area contributed by atoms with E-state index in [0.717, 1.165) is 5.56 Å². The zero-order chi connectivity index (χ0) is 11.4. The summed E-state index contributed by atoms with van der Waals surface area (Å²) in [5.41, 5.74) is 12.7. The fourth-order valence-electron chi connectivity index (χ4n) is 1.40. The van der Waals surface area contributed by atoms with Crippen LogP contribution in [0.25, 0.3) is 0 Å². The first kappa shape index (κ1) is 14.8. The number of benzene rings is 1. The van der Waals surface area contributed by atoms with E-state index in [9.17, 15) is 10.1 Å². The zero-order valence-electron chi connectivity index (χ0n) is 9.05. The first-order valence-electron chi connectivity index (χ1n) is 4.77. The number of hydrogen-bond donors (Lipinski definition) is 2. The number of nitrogens with two attached hydrogens (primary N) is 2. The first-order chi connectivity index (χ1) is 7.06. The molecule has 6 heteroatoms. The SMILES string of the molecule is Cc1ccc([C@H](N)CCN)cc1[N+](=O)[O-].Cl. The molecule has 0 spiro atoms. The molecule has 0 aliphatic rings. The van der Waals surface area contributed by atoms with Crippen molar-refractivity contribution in [2.24, 2.45) is 11.5 Å². The minimum Gasteiger partial charge on any atom is -0.330 e. The van der Waals surface area contributed by atoms with Gasteiger partial charge < -0.3 is 11.5 Å². The molecule has 1 aromatic rings. The van der Waals surface area contributed by atoms with E-state index in [-0.39, 0.29) is 24.1 Å². The Morgan fingerprint density at radius 3 is 2.62 bits per heavy atom. The molecule has 4 N–H and O–H groups in total. The summed E-state index contributed by atoms with van der Waals surface area (Å²) in [6.45, 7) is 2.18. The largest absolute Gasteiger partial charge is 0.330 e. The molecule has 16 heavy (non-hydrogen) atoms. The van der Waals surface area contributed by atoms with Gasteiger partial charge in [0.2, 0.25) is 0 Å². The van der Waals surface area contributed by atoms with Crippen LogP contribution in [0.3, 0.4) is 0 Å². The van der Waals surface area contributed by atoms with Crippen LogP contribution in [0.5, 0.6) is 0 Å². The van der Waals surface area contributed by atoms with Gasteiger partial charge in [0.25, 0.3) is 5.69 Å². The monoisotopic (exact) mass is 245 g/mol. The van der Waals surface area contributed by atoms with Gasteiger partial charge in [-0.25, -0.2) is 0 Å². The van der Waals surface area contributed by atoms with Crippen LogP contribution in [-0.4, -0.2) is 11.5 Å². The topological polar surface area (TPSA) is 95.2 Å². The van der Waals surface area contributed by atoms with Gasteiger partial charge in [-0.05, 0) is 25.5 Å². The standard InChI is InChI=1S/C10H15N3O2.ClH/c1-7-2-3-8(9(12)4-5-11)6-10(7)13(14)15;/h2-3,6,9H,4-5,11-12H2,1H3;1H/t9-;/m1./s1. The quantitative estimate of drug-likeness (QED) is 0.623. The van der Waals surface area contributed by atoms with Crippen molar-refractivity contribution >= 4 is 18.1 Å². The van der Waals surface area contributed by atoms with Gasteiger partial charge in [-0.15, -0.1) is 12.4 Å². The summed E-state index contributed by atoms with van der Waals surface area (Å²) in [4.78, 5) is 10.3. The average Bonchev–Trinajstić information content (AvgIpc) is 2.18. The van der Waals surface area contributed by atoms with Crippen LogP contribution in [0.15, 0.2) is 18.2 Å². The molecule has 1 aromatic carbocycles. The van der Waals surface area contributed by atoms with Crippen molar-refractivity contribution in [3.8, 4) is 0 Å². The number of rotatable bonds is 4. The van der Waals surface area contributed by atoms with Crippen molar-refractivity contribution in [2.45, 2.75) is 19.4 Å². The summed E-state index contributed by atoms with van der Waals surface area (Å²) in [6.07, 6.45) is 0.625. The van der Waals surface area contributed by atoms with E-state index in [1.807, 2.05) is 6.07 Å². The van der Waals surface area contributed by atoms with E-state index >= 15 is 0 Å². The molecule has 1 atom stereocenters.